The van der Waals surface area contributed by atoms with E-state index in [0.717, 1.165) is 17.9 Å². The summed E-state index contributed by atoms with van der Waals surface area (Å²) in [5.74, 6) is 0. The molecular formula is C40H45Cl3Zr-4. The van der Waals surface area contributed by atoms with Crippen molar-refractivity contribution in [2.24, 2.45) is 0 Å². The molecule has 0 heterocycles. The van der Waals surface area contributed by atoms with E-state index in [-0.39, 0.29) is 35.6 Å². The van der Waals surface area contributed by atoms with E-state index >= 15 is 0 Å². The van der Waals surface area contributed by atoms with Crippen LogP contribution in [0, 0.1) is 31.2 Å². The molecule has 0 nitrogen and oxygen atoms in total. The Morgan fingerprint density at radius 3 is 1.70 bits per heavy atom. The molecule has 0 spiro atoms. The third kappa shape index (κ3) is 14.4. The van der Waals surface area contributed by atoms with Gasteiger partial charge in [0, 0.05) is 0 Å². The van der Waals surface area contributed by atoms with Gasteiger partial charge in [-0.25, -0.2) is 12.2 Å². The molecule has 4 aromatic carbocycles. The summed E-state index contributed by atoms with van der Waals surface area (Å²) in [7, 11) is 0. The van der Waals surface area contributed by atoms with E-state index < -0.39 is 0 Å². The predicted octanol–water partition coefficient (Wildman–Crippen LogP) is 11.7. The van der Waals surface area contributed by atoms with E-state index in [0.29, 0.717) is 0 Å². The van der Waals surface area contributed by atoms with Gasteiger partial charge in [0.05, 0.1) is 0 Å². The Kier molecular flexibility index (Phi) is 19.9. The molecule has 0 N–H and O–H groups in total. The van der Waals surface area contributed by atoms with Gasteiger partial charge in [-0.05, 0) is 28.4 Å². The number of rotatable bonds is 0. The standard InChI is InChI=1S/C21H25.C7H7.C6H4Cl.C5H5.CH2.2ClH.Zr/c1-20(2,3)16-7-9-18-14(12-16)11-15-13-17(21(4,5)6)8-10-19(15)18;1-7-5-3-2-4-6-7;7-6-4-2-1-3-5-6;1-2-4-5-3-1;;;;/h7-10,12H,11H2,1-6H3;3-6H,1H3;2-5H;1-3H,4H2;1H2;2*1H;/q4*-1;;;;. The van der Waals surface area contributed by atoms with Crippen molar-refractivity contribution in [3.63, 3.8) is 0 Å². The Balaban J connectivity index is 0.000000658. The second-order valence-corrected chi connectivity index (χ2v) is 12.5. The molecule has 0 amide bonds. The predicted molar refractivity (Wildman–Crippen MR) is 194 cm³/mol. The number of benzene rings is 4. The van der Waals surface area contributed by atoms with Gasteiger partial charge in [-0.15, -0.1) is 54.0 Å². The van der Waals surface area contributed by atoms with Crippen molar-refractivity contribution in [3.05, 3.63) is 154 Å². The number of hydrogen-bond donors (Lipinski definition) is 0. The van der Waals surface area contributed by atoms with Gasteiger partial charge in [0.1, 0.15) is 0 Å². The molecule has 0 bridgehead atoms. The van der Waals surface area contributed by atoms with Gasteiger partial charge in [-0.2, -0.15) is 96.1 Å². The quantitative estimate of drug-likeness (QED) is 0.140. The van der Waals surface area contributed by atoms with Crippen LogP contribution in [0.4, 0.5) is 0 Å². The molecule has 44 heavy (non-hydrogen) atoms. The van der Waals surface area contributed by atoms with Gasteiger partial charge >= 0.3 is 28.4 Å². The minimum atomic E-state index is 0. The Labute approximate surface area is 300 Å². The minimum absolute atomic E-state index is 0. The zero-order valence-corrected chi connectivity index (χ0v) is 31.9. The fourth-order valence-electron chi connectivity index (χ4n) is 4.20. The first-order valence-electron chi connectivity index (χ1n) is 14.3. The Bertz CT molecular complexity index is 1320. The Morgan fingerprint density at radius 2 is 1.32 bits per heavy atom. The Hall–Kier alpha value is -2.02. The molecule has 0 radical (unpaired) electrons. The van der Waals surface area contributed by atoms with Crippen LogP contribution in [0.2, 0.25) is 5.02 Å². The maximum atomic E-state index is 5.52. The van der Waals surface area contributed by atoms with Crippen molar-refractivity contribution in [2.45, 2.75) is 72.1 Å². The second kappa shape index (κ2) is 20.9. The summed E-state index contributed by atoms with van der Waals surface area (Å²) in [5.41, 5.74) is 10.00. The van der Waals surface area contributed by atoms with Crippen molar-refractivity contribution in [2.75, 3.05) is 0 Å². The summed E-state index contributed by atoms with van der Waals surface area (Å²) < 4.78 is 3.34. The van der Waals surface area contributed by atoms with Crippen LogP contribution < -0.4 is 0 Å². The third-order valence-corrected chi connectivity index (χ3v) is 6.86. The first kappa shape index (κ1) is 42.0. The van der Waals surface area contributed by atoms with Crippen molar-refractivity contribution in [1.29, 1.82) is 0 Å². The van der Waals surface area contributed by atoms with E-state index in [1.807, 2.05) is 36.4 Å². The van der Waals surface area contributed by atoms with Crippen LogP contribution in [-0.2, 0) is 41.5 Å². The summed E-state index contributed by atoms with van der Waals surface area (Å²) >= 11 is 6.82. The average Bonchev–Trinajstić information content (AvgIpc) is 3.66. The molecule has 6 rings (SSSR count). The fraction of sp³-hybridized carbons (Fsp3) is 0.275. The normalized spacial score (nSPS) is 11.5. The SMILES string of the molecule is CC(C)(C)c1[c-]c2c(cc1)-c1ccc(C(C)(C)C)cc1C2.Cc1cc[c-]cc1.Cl.Cl.Clc1cc[c-]cc1.[C-]1=CC=CC1.[CH2]=[Zr]. The molecule has 2 aliphatic rings. The monoisotopic (exact) mass is 720 g/mol. The van der Waals surface area contributed by atoms with E-state index in [9.17, 15) is 0 Å². The van der Waals surface area contributed by atoms with E-state index in [1.165, 1.54) is 63.2 Å². The molecule has 234 valence electrons. The first-order chi connectivity index (χ1) is 19.9. The van der Waals surface area contributed by atoms with Crippen LogP contribution in [-0.4, -0.2) is 4.21 Å². The Morgan fingerprint density at radius 1 is 0.750 bits per heavy atom. The number of aryl methyl sites for hydroxylation is 1. The zero-order valence-electron chi connectivity index (χ0n) is 27.1. The molecule has 0 saturated carbocycles. The van der Waals surface area contributed by atoms with Crippen LogP contribution in [0.5, 0.6) is 0 Å². The van der Waals surface area contributed by atoms with Gasteiger partial charge in [0.25, 0.3) is 0 Å². The summed E-state index contributed by atoms with van der Waals surface area (Å²) in [6.07, 6.45) is 11.0. The number of halogens is 3. The van der Waals surface area contributed by atoms with Crippen LogP contribution in [0.3, 0.4) is 0 Å². The van der Waals surface area contributed by atoms with Crippen LogP contribution in [0.1, 0.15) is 75.8 Å². The van der Waals surface area contributed by atoms with Gasteiger partial charge in [0.15, 0.2) is 0 Å². The molecule has 0 atom stereocenters. The van der Waals surface area contributed by atoms with Crippen molar-refractivity contribution < 1.29 is 24.2 Å². The van der Waals surface area contributed by atoms with Gasteiger partial charge in [-0.3, -0.25) is 6.08 Å². The topological polar surface area (TPSA) is 0 Å². The number of fused-ring (bicyclic) bond motifs is 3. The third-order valence-electron chi connectivity index (χ3n) is 6.61. The van der Waals surface area contributed by atoms with Crippen molar-refractivity contribution in [1.82, 2.24) is 0 Å². The van der Waals surface area contributed by atoms with Crippen LogP contribution in [0.25, 0.3) is 11.1 Å². The molecule has 2 aliphatic carbocycles. The fourth-order valence-corrected chi connectivity index (χ4v) is 4.33. The molecule has 4 heteroatoms. The number of hydrogen-bond acceptors (Lipinski definition) is 0. The second-order valence-electron chi connectivity index (χ2n) is 12.1. The van der Waals surface area contributed by atoms with Crippen molar-refractivity contribution >= 4 is 40.6 Å². The molecule has 0 unspecified atom stereocenters. The summed E-state index contributed by atoms with van der Waals surface area (Å²) in [4.78, 5) is 0. The molecular weight excluding hydrogens is 678 g/mol. The molecule has 0 fully saturated rings. The zero-order chi connectivity index (χ0) is 31.2. The van der Waals surface area contributed by atoms with Crippen LogP contribution >= 0.6 is 36.4 Å². The van der Waals surface area contributed by atoms with Crippen LogP contribution in [0.15, 0.2) is 97.1 Å². The number of allylic oxidation sites excluding steroid dienone is 4. The van der Waals surface area contributed by atoms with E-state index in [2.05, 4.69) is 113 Å². The first-order valence-corrected chi connectivity index (χ1v) is 16.4. The summed E-state index contributed by atoms with van der Waals surface area (Å²) in [6, 6.07) is 36.0. The van der Waals surface area contributed by atoms with Gasteiger partial charge in [0.2, 0.25) is 0 Å². The molecule has 0 aromatic heterocycles. The average molecular weight is 723 g/mol. The maximum absolute atomic E-state index is 5.52. The van der Waals surface area contributed by atoms with Crippen molar-refractivity contribution in [3.8, 4) is 11.1 Å². The van der Waals surface area contributed by atoms with E-state index in [1.54, 1.807) is 24.3 Å². The van der Waals surface area contributed by atoms with Gasteiger partial charge < -0.3 is 0 Å². The molecule has 0 aliphatic heterocycles. The molecule has 0 saturated heterocycles. The summed E-state index contributed by atoms with van der Waals surface area (Å²) in [6.45, 7) is 15.7. The van der Waals surface area contributed by atoms with E-state index in [4.69, 9.17) is 11.6 Å². The van der Waals surface area contributed by atoms with Gasteiger partial charge in [-0.1, -0.05) is 77.3 Å². The molecule has 4 aromatic rings. The summed E-state index contributed by atoms with van der Waals surface area (Å²) in [5, 5.41) is 0.763.